The highest BCUT2D eigenvalue weighted by molar-refractivity contribution is 6.07. The quantitative estimate of drug-likeness (QED) is 0.679. The first kappa shape index (κ1) is 21.3. The summed E-state index contributed by atoms with van der Waals surface area (Å²) in [6.07, 6.45) is 1.90. The van der Waals surface area contributed by atoms with Crippen LogP contribution in [0.3, 0.4) is 0 Å². The van der Waals surface area contributed by atoms with Crippen LogP contribution in [0.1, 0.15) is 41.4 Å². The third-order valence-corrected chi connectivity index (χ3v) is 5.40. The Kier molecular flexibility index (Phi) is 6.55. The van der Waals surface area contributed by atoms with Gasteiger partial charge >= 0.3 is 0 Å². The van der Waals surface area contributed by atoms with Crippen molar-refractivity contribution in [3.05, 3.63) is 47.2 Å². The summed E-state index contributed by atoms with van der Waals surface area (Å²) in [5.41, 5.74) is 4.61. The Morgan fingerprint density at radius 3 is 2.69 bits per heavy atom. The number of halogens is 1. The molecule has 0 spiro atoms. The highest BCUT2D eigenvalue weighted by Gasteiger charge is 2.29. The van der Waals surface area contributed by atoms with E-state index in [0.717, 1.165) is 43.7 Å². The molecule has 4 rings (SSSR count). The average molecular weight is 415 g/mol. The normalized spacial score (nSPS) is 16.0. The molecule has 2 aromatic heterocycles. The third kappa shape index (κ3) is 4.14. The van der Waals surface area contributed by atoms with Gasteiger partial charge in [0.1, 0.15) is 0 Å². The molecule has 1 unspecified atom stereocenters. The van der Waals surface area contributed by atoms with E-state index < -0.39 is 0 Å². The van der Waals surface area contributed by atoms with Crippen LogP contribution < -0.4 is 5.32 Å². The van der Waals surface area contributed by atoms with Crippen LogP contribution in [0.4, 0.5) is 0 Å². The number of aromatic nitrogens is 2. The number of rotatable bonds is 5. The summed E-state index contributed by atoms with van der Waals surface area (Å²) in [6.45, 7) is 8.54. The lowest BCUT2D eigenvalue weighted by Crippen LogP contribution is -2.42. The zero-order chi connectivity index (χ0) is 19.7. The van der Waals surface area contributed by atoms with Gasteiger partial charge in [-0.2, -0.15) is 0 Å². The summed E-state index contributed by atoms with van der Waals surface area (Å²) < 4.78 is 5.45. The van der Waals surface area contributed by atoms with E-state index in [1.807, 2.05) is 49.1 Å². The zero-order valence-corrected chi connectivity index (χ0v) is 17.9. The summed E-state index contributed by atoms with van der Waals surface area (Å²) in [4.78, 5) is 20.3. The van der Waals surface area contributed by atoms with E-state index in [1.54, 1.807) is 0 Å². The second-order valence-corrected chi connectivity index (χ2v) is 7.51. The van der Waals surface area contributed by atoms with Crippen molar-refractivity contribution in [3.63, 3.8) is 0 Å². The van der Waals surface area contributed by atoms with E-state index >= 15 is 0 Å². The molecule has 1 aliphatic rings. The van der Waals surface area contributed by atoms with Crippen molar-refractivity contribution in [1.29, 1.82) is 0 Å². The van der Waals surface area contributed by atoms with Crippen molar-refractivity contribution in [1.82, 2.24) is 20.4 Å². The van der Waals surface area contributed by atoms with E-state index in [-0.39, 0.29) is 24.4 Å². The molecule has 0 bridgehead atoms. The smallest absolute Gasteiger partial charge is 0.259 e. The minimum atomic E-state index is 0. The monoisotopic (exact) mass is 414 g/mol. The molecule has 0 radical (unpaired) electrons. The largest absolute Gasteiger partial charge is 0.335 e. The Morgan fingerprint density at radius 1 is 1.28 bits per heavy atom. The third-order valence-electron chi connectivity index (χ3n) is 5.40. The first-order valence-electron chi connectivity index (χ1n) is 9.94. The van der Waals surface area contributed by atoms with Gasteiger partial charge in [-0.15, -0.1) is 12.4 Å². The predicted molar refractivity (Wildman–Crippen MR) is 117 cm³/mol. The highest BCUT2D eigenvalue weighted by atomic mass is 35.5. The summed E-state index contributed by atoms with van der Waals surface area (Å²) >= 11 is 0. The number of amides is 1. The van der Waals surface area contributed by atoms with Crippen LogP contribution >= 0.6 is 12.4 Å². The predicted octanol–water partition coefficient (Wildman–Crippen LogP) is 4.14. The lowest BCUT2D eigenvalue weighted by atomic mass is 10.0. The van der Waals surface area contributed by atoms with E-state index in [9.17, 15) is 4.79 Å². The maximum Gasteiger partial charge on any atom is 0.259 e. The van der Waals surface area contributed by atoms with Crippen LogP contribution in [0.25, 0.3) is 22.4 Å². The standard InChI is InChI=1S/C22H26N4O2.ClH/c1-4-11-26(17-9-10-23-13-17)22(27)18-12-19(16-7-5-14(2)6-8-16)24-21-20(18)15(3)25-28-21;/h5-8,12,17,23H,4,9-11,13H2,1-3H3;1H. The molecule has 3 heterocycles. The van der Waals surface area contributed by atoms with Gasteiger partial charge in [0, 0.05) is 24.7 Å². The van der Waals surface area contributed by atoms with Gasteiger partial charge in [-0.3, -0.25) is 4.79 Å². The second-order valence-electron chi connectivity index (χ2n) is 7.51. The summed E-state index contributed by atoms with van der Waals surface area (Å²) in [7, 11) is 0. The van der Waals surface area contributed by atoms with Crippen LogP contribution in [-0.4, -0.2) is 46.6 Å². The van der Waals surface area contributed by atoms with Gasteiger partial charge in [-0.05, 0) is 39.3 Å². The van der Waals surface area contributed by atoms with Crippen molar-refractivity contribution in [2.45, 2.75) is 39.7 Å². The molecule has 6 nitrogen and oxygen atoms in total. The van der Waals surface area contributed by atoms with E-state index in [2.05, 4.69) is 22.4 Å². The van der Waals surface area contributed by atoms with Crippen LogP contribution in [0.2, 0.25) is 0 Å². The lowest BCUT2D eigenvalue weighted by molar-refractivity contribution is 0.0694. The minimum Gasteiger partial charge on any atom is -0.335 e. The van der Waals surface area contributed by atoms with Gasteiger partial charge in [-0.25, -0.2) is 4.98 Å². The van der Waals surface area contributed by atoms with E-state index in [4.69, 9.17) is 4.52 Å². The van der Waals surface area contributed by atoms with Gasteiger partial charge in [0.25, 0.3) is 11.6 Å². The molecule has 29 heavy (non-hydrogen) atoms. The number of hydrogen-bond acceptors (Lipinski definition) is 5. The molecule has 7 heteroatoms. The van der Waals surface area contributed by atoms with Gasteiger partial charge in [0.05, 0.1) is 22.3 Å². The number of fused-ring (bicyclic) bond motifs is 1. The van der Waals surface area contributed by atoms with Crippen molar-refractivity contribution < 1.29 is 9.32 Å². The Balaban J connectivity index is 0.00000240. The molecule has 154 valence electrons. The first-order valence-corrected chi connectivity index (χ1v) is 9.94. The molecule has 1 atom stereocenters. The van der Waals surface area contributed by atoms with Crippen molar-refractivity contribution >= 4 is 29.4 Å². The maximum atomic E-state index is 13.6. The van der Waals surface area contributed by atoms with Crippen LogP contribution in [0.5, 0.6) is 0 Å². The van der Waals surface area contributed by atoms with Crippen LogP contribution in [0, 0.1) is 13.8 Å². The van der Waals surface area contributed by atoms with Crippen molar-refractivity contribution in [2.75, 3.05) is 19.6 Å². The summed E-state index contributed by atoms with van der Waals surface area (Å²) in [5.74, 6) is 0.0302. The lowest BCUT2D eigenvalue weighted by Gasteiger charge is -2.28. The molecule has 1 aliphatic heterocycles. The van der Waals surface area contributed by atoms with Gasteiger partial charge in [-0.1, -0.05) is 41.9 Å². The minimum absolute atomic E-state index is 0. The molecule has 0 aliphatic carbocycles. The number of hydrogen-bond donors (Lipinski definition) is 1. The fourth-order valence-electron chi connectivity index (χ4n) is 3.89. The number of aryl methyl sites for hydroxylation is 2. The first-order chi connectivity index (χ1) is 13.6. The number of nitrogens with one attached hydrogen (secondary N) is 1. The number of carbonyl (C=O) groups is 1. The molecule has 1 N–H and O–H groups in total. The molecule has 1 amide bonds. The van der Waals surface area contributed by atoms with E-state index in [1.165, 1.54) is 5.56 Å². The number of pyridine rings is 1. The van der Waals surface area contributed by atoms with Gasteiger partial charge in [0.15, 0.2) is 0 Å². The van der Waals surface area contributed by atoms with E-state index in [0.29, 0.717) is 22.4 Å². The summed E-state index contributed by atoms with van der Waals surface area (Å²) in [5, 5.41) is 8.15. The van der Waals surface area contributed by atoms with Crippen LogP contribution in [0.15, 0.2) is 34.9 Å². The Labute approximate surface area is 177 Å². The van der Waals surface area contributed by atoms with Crippen LogP contribution in [-0.2, 0) is 0 Å². The molecule has 1 aromatic carbocycles. The van der Waals surface area contributed by atoms with Crippen molar-refractivity contribution in [3.8, 4) is 11.3 Å². The number of carbonyl (C=O) groups excluding carboxylic acids is 1. The molecule has 1 fully saturated rings. The fraction of sp³-hybridized carbons (Fsp3) is 0.409. The Bertz CT molecular complexity index is 994. The topological polar surface area (TPSA) is 71.3 Å². The second kappa shape index (κ2) is 8.93. The SMILES string of the molecule is CCCN(C(=O)c1cc(-c2ccc(C)cc2)nc2onc(C)c12)C1CCNC1.Cl. The molecule has 1 saturated heterocycles. The average Bonchev–Trinajstić information content (AvgIpc) is 3.36. The Morgan fingerprint density at radius 2 is 2.03 bits per heavy atom. The van der Waals surface area contributed by atoms with Gasteiger partial charge in [0.2, 0.25) is 0 Å². The summed E-state index contributed by atoms with van der Waals surface area (Å²) in [6, 6.07) is 10.2. The van der Waals surface area contributed by atoms with Crippen molar-refractivity contribution in [2.24, 2.45) is 0 Å². The molecule has 3 aromatic rings. The molecule has 0 saturated carbocycles. The number of benzene rings is 1. The molecular formula is C22H27ClN4O2. The fourth-order valence-corrected chi connectivity index (χ4v) is 3.89. The highest BCUT2D eigenvalue weighted by Crippen LogP contribution is 2.29. The maximum absolute atomic E-state index is 13.6. The zero-order valence-electron chi connectivity index (χ0n) is 17.1. The number of nitrogens with zero attached hydrogens (tertiary/aromatic N) is 3. The molecular weight excluding hydrogens is 388 g/mol. The van der Waals surface area contributed by atoms with Gasteiger partial charge < -0.3 is 14.7 Å². The Hall–Kier alpha value is -2.44.